The molecule has 1 amide bonds. The number of thioether (sulfide) groups is 1. The molecule has 0 saturated heterocycles. The number of nitrogens with zero attached hydrogens (tertiary/aromatic N) is 3. The van der Waals surface area contributed by atoms with Gasteiger partial charge in [-0.2, -0.15) is 0 Å². The molecule has 36 heavy (non-hydrogen) atoms. The Morgan fingerprint density at radius 3 is 2.47 bits per heavy atom. The average molecular weight is 504 g/mol. The van der Waals surface area contributed by atoms with E-state index in [1.165, 1.54) is 11.8 Å². The number of carbonyl (C=O) groups excluding carboxylic acids is 1. The van der Waals surface area contributed by atoms with Crippen LogP contribution < -0.4 is 20.1 Å². The first kappa shape index (κ1) is 25.1. The number of carbonyl (C=O) groups is 1. The summed E-state index contributed by atoms with van der Waals surface area (Å²) in [5.74, 6) is 2.80. The first-order chi connectivity index (χ1) is 17.7. The van der Waals surface area contributed by atoms with E-state index in [1.54, 1.807) is 7.11 Å². The van der Waals surface area contributed by atoms with Crippen LogP contribution in [0.2, 0.25) is 0 Å². The zero-order valence-electron chi connectivity index (χ0n) is 20.3. The second-order valence-corrected chi connectivity index (χ2v) is 8.79. The number of hydrogen-bond acceptors (Lipinski definition) is 7. The molecule has 0 radical (unpaired) electrons. The highest BCUT2D eigenvalue weighted by Gasteiger charge is 2.15. The number of hydrogen-bond donors (Lipinski definition) is 2. The summed E-state index contributed by atoms with van der Waals surface area (Å²) in [6.07, 6.45) is 0.342. The Bertz CT molecular complexity index is 1260. The molecule has 0 atom stereocenters. The molecule has 4 aromatic rings. The highest BCUT2D eigenvalue weighted by molar-refractivity contribution is 7.99. The smallest absolute Gasteiger partial charge is 0.225 e. The van der Waals surface area contributed by atoms with Crippen molar-refractivity contribution in [1.29, 1.82) is 0 Å². The van der Waals surface area contributed by atoms with E-state index in [0.717, 1.165) is 39.5 Å². The maximum atomic E-state index is 12.5. The predicted molar refractivity (Wildman–Crippen MR) is 143 cm³/mol. The highest BCUT2D eigenvalue weighted by atomic mass is 32.2. The van der Waals surface area contributed by atoms with E-state index >= 15 is 0 Å². The van der Waals surface area contributed by atoms with Crippen LogP contribution in [0.15, 0.2) is 84.0 Å². The SMILES string of the molecule is CCOc1ccc(NC(=O)CCSc2nnc(CNc3ccccc3OC)n2-c2ccccc2)cc1. The molecule has 0 spiro atoms. The van der Waals surface area contributed by atoms with Gasteiger partial charge in [0.2, 0.25) is 5.91 Å². The van der Waals surface area contributed by atoms with Crippen LogP contribution in [0.4, 0.5) is 11.4 Å². The summed E-state index contributed by atoms with van der Waals surface area (Å²) in [5.41, 5.74) is 2.58. The Hall–Kier alpha value is -3.98. The van der Waals surface area contributed by atoms with Crippen LogP contribution in [0, 0.1) is 0 Å². The third-order valence-corrected chi connectivity index (χ3v) is 6.20. The van der Waals surface area contributed by atoms with E-state index in [2.05, 4.69) is 20.8 Å². The number of methoxy groups -OCH3 is 1. The molecular weight excluding hydrogens is 474 g/mol. The summed E-state index contributed by atoms with van der Waals surface area (Å²) >= 11 is 1.50. The van der Waals surface area contributed by atoms with E-state index in [1.807, 2.05) is 90.4 Å². The fraction of sp³-hybridized carbons (Fsp3) is 0.222. The molecular formula is C27H29N5O3S. The van der Waals surface area contributed by atoms with Gasteiger partial charge in [-0.3, -0.25) is 9.36 Å². The quantitative estimate of drug-likeness (QED) is 0.250. The molecule has 1 heterocycles. The molecule has 1 aromatic heterocycles. The standard InChI is InChI=1S/C27H29N5O3S/c1-3-35-22-15-13-20(14-16-22)29-26(33)17-18-36-27-31-30-25(32(27)21-9-5-4-6-10-21)19-28-23-11-7-8-12-24(23)34-2/h4-16,28H,3,17-19H2,1-2H3,(H,29,33). The van der Waals surface area contributed by atoms with Crippen LogP contribution >= 0.6 is 11.8 Å². The predicted octanol–water partition coefficient (Wildman–Crippen LogP) is 5.41. The molecule has 8 nitrogen and oxygen atoms in total. The van der Waals surface area contributed by atoms with E-state index in [9.17, 15) is 4.79 Å². The first-order valence-corrected chi connectivity index (χ1v) is 12.7. The third kappa shape index (κ3) is 6.57. The third-order valence-electron chi connectivity index (χ3n) is 5.27. The summed E-state index contributed by atoms with van der Waals surface area (Å²) in [7, 11) is 1.65. The van der Waals surface area contributed by atoms with E-state index < -0.39 is 0 Å². The van der Waals surface area contributed by atoms with Crippen molar-refractivity contribution in [3.05, 3.63) is 84.7 Å². The van der Waals surface area contributed by atoms with E-state index in [4.69, 9.17) is 9.47 Å². The van der Waals surface area contributed by atoms with Crippen molar-refractivity contribution in [2.24, 2.45) is 0 Å². The lowest BCUT2D eigenvalue weighted by Crippen LogP contribution is -2.12. The van der Waals surface area contributed by atoms with Crippen LogP contribution in [0.3, 0.4) is 0 Å². The summed E-state index contributed by atoms with van der Waals surface area (Å²) in [4.78, 5) is 12.5. The fourth-order valence-electron chi connectivity index (χ4n) is 3.57. The molecule has 0 bridgehead atoms. The minimum absolute atomic E-state index is 0.0597. The molecule has 186 valence electrons. The van der Waals surface area contributed by atoms with Crippen molar-refractivity contribution in [3.8, 4) is 17.2 Å². The zero-order chi connectivity index (χ0) is 25.2. The molecule has 0 aliphatic heterocycles. The lowest BCUT2D eigenvalue weighted by molar-refractivity contribution is -0.115. The minimum Gasteiger partial charge on any atom is -0.495 e. The van der Waals surface area contributed by atoms with Gasteiger partial charge in [0.15, 0.2) is 11.0 Å². The van der Waals surface area contributed by atoms with Crippen molar-refractivity contribution >= 4 is 29.0 Å². The first-order valence-electron chi connectivity index (χ1n) is 11.7. The summed E-state index contributed by atoms with van der Waals surface area (Å²) < 4.78 is 12.9. The molecule has 2 N–H and O–H groups in total. The van der Waals surface area contributed by atoms with Crippen LogP contribution in [-0.2, 0) is 11.3 Å². The molecule has 0 fully saturated rings. The Kier molecular flexibility index (Phi) is 8.82. The number of aromatic nitrogens is 3. The van der Waals surface area contributed by atoms with Gasteiger partial charge in [-0.25, -0.2) is 0 Å². The number of anilines is 2. The van der Waals surface area contributed by atoms with Crippen molar-refractivity contribution in [2.75, 3.05) is 30.1 Å². The molecule has 4 rings (SSSR count). The molecule has 3 aromatic carbocycles. The Morgan fingerprint density at radius 1 is 0.972 bits per heavy atom. The van der Waals surface area contributed by atoms with Crippen LogP contribution in [0.25, 0.3) is 5.69 Å². The van der Waals surface area contributed by atoms with Gasteiger partial charge in [-0.05, 0) is 55.5 Å². The van der Waals surface area contributed by atoms with Crippen molar-refractivity contribution < 1.29 is 14.3 Å². The van der Waals surface area contributed by atoms with E-state index in [0.29, 0.717) is 25.3 Å². The Balaban J connectivity index is 1.40. The van der Waals surface area contributed by atoms with E-state index in [-0.39, 0.29) is 5.91 Å². The van der Waals surface area contributed by atoms with Crippen molar-refractivity contribution in [3.63, 3.8) is 0 Å². The number of para-hydroxylation sites is 3. The largest absolute Gasteiger partial charge is 0.495 e. The lowest BCUT2D eigenvalue weighted by atomic mass is 10.3. The molecule has 0 unspecified atom stereocenters. The van der Waals surface area contributed by atoms with Gasteiger partial charge >= 0.3 is 0 Å². The Morgan fingerprint density at radius 2 is 1.72 bits per heavy atom. The normalized spacial score (nSPS) is 10.6. The topological polar surface area (TPSA) is 90.3 Å². The Labute approximate surface area is 215 Å². The molecule has 0 saturated carbocycles. The fourth-order valence-corrected chi connectivity index (χ4v) is 4.48. The molecule has 9 heteroatoms. The lowest BCUT2D eigenvalue weighted by Gasteiger charge is -2.13. The molecule has 0 aliphatic rings. The molecule has 0 aliphatic carbocycles. The van der Waals surface area contributed by atoms with Gasteiger partial charge in [-0.1, -0.05) is 42.1 Å². The van der Waals surface area contributed by atoms with Crippen molar-refractivity contribution in [2.45, 2.75) is 25.0 Å². The number of nitrogens with one attached hydrogen (secondary N) is 2. The maximum Gasteiger partial charge on any atom is 0.225 e. The number of rotatable bonds is 12. The van der Waals surface area contributed by atoms with Crippen molar-refractivity contribution in [1.82, 2.24) is 14.8 Å². The van der Waals surface area contributed by atoms with Gasteiger partial charge < -0.3 is 20.1 Å². The highest BCUT2D eigenvalue weighted by Crippen LogP contribution is 2.26. The maximum absolute atomic E-state index is 12.5. The van der Waals surface area contributed by atoms with Gasteiger partial charge in [0.25, 0.3) is 0 Å². The van der Waals surface area contributed by atoms with Crippen LogP contribution in [0.1, 0.15) is 19.2 Å². The minimum atomic E-state index is -0.0597. The average Bonchev–Trinajstić information content (AvgIpc) is 3.32. The summed E-state index contributed by atoms with van der Waals surface area (Å²) in [5, 5.41) is 15.9. The van der Waals surface area contributed by atoms with Gasteiger partial charge in [0.1, 0.15) is 11.5 Å². The van der Waals surface area contributed by atoms with Gasteiger partial charge in [-0.15, -0.1) is 10.2 Å². The zero-order valence-corrected chi connectivity index (χ0v) is 21.1. The summed E-state index contributed by atoms with van der Waals surface area (Å²) in [6.45, 7) is 3.00. The number of ether oxygens (including phenoxy) is 2. The monoisotopic (exact) mass is 503 g/mol. The van der Waals surface area contributed by atoms with Gasteiger partial charge in [0, 0.05) is 23.5 Å². The van der Waals surface area contributed by atoms with Crippen LogP contribution in [-0.4, -0.2) is 40.1 Å². The number of amides is 1. The summed E-state index contributed by atoms with van der Waals surface area (Å²) in [6, 6.07) is 25.1. The van der Waals surface area contributed by atoms with Gasteiger partial charge in [0.05, 0.1) is 25.9 Å². The second-order valence-electron chi connectivity index (χ2n) is 7.73. The van der Waals surface area contributed by atoms with Crippen LogP contribution in [0.5, 0.6) is 11.5 Å². The second kappa shape index (κ2) is 12.6. The number of benzene rings is 3.